The van der Waals surface area contributed by atoms with E-state index in [0.29, 0.717) is 11.0 Å². The predicted octanol–water partition coefficient (Wildman–Crippen LogP) is 0.665. The van der Waals surface area contributed by atoms with Crippen molar-refractivity contribution >= 4 is 28.3 Å². The molecule has 2 N–H and O–H groups in total. The van der Waals surface area contributed by atoms with Crippen LogP contribution in [0.4, 0.5) is 5.13 Å². The highest BCUT2D eigenvalue weighted by Gasteiger charge is 2.13. The number of nitrogens with one attached hydrogen (secondary N) is 1. The lowest BCUT2D eigenvalue weighted by atomic mass is 10.1. The van der Waals surface area contributed by atoms with Crippen molar-refractivity contribution in [2.24, 2.45) is 5.92 Å². The van der Waals surface area contributed by atoms with E-state index in [4.69, 9.17) is 5.11 Å². The number of rotatable bonds is 6. The Kier molecular flexibility index (Phi) is 4.58. The van der Waals surface area contributed by atoms with E-state index in [1.807, 2.05) is 0 Å². The van der Waals surface area contributed by atoms with Crippen LogP contribution in [0.2, 0.25) is 0 Å². The second kappa shape index (κ2) is 6.39. The summed E-state index contributed by atoms with van der Waals surface area (Å²) in [4.78, 5) is 22.4. The average Bonchev–Trinajstić information content (AvgIpc) is 2.98. The van der Waals surface area contributed by atoms with Gasteiger partial charge in [-0.1, -0.05) is 30.4 Å². The maximum Gasteiger partial charge on any atom is 0.358 e. The molecule has 0 bridgehead atoms. The van der Waals surface area contributed by atoms with E-state index < -0.39 is 5.97 Å². The lowest BCUT2D eigenvalue weighted by molar-refractivity contribution is -0.116. The van der Waals surface area contributed by atoms with Crippen LogP contribution < -0.4 is 5.32 Å². The second-order valence-corrected chi connectivity index (χ2v) is 5.82. The molecule has 0 radical (unpaired) electrons. The molecule has 2 rings (SSSR count). The van der Waals surface area contributed by atoms with Crippen molar-refractivity contribution in [3.8, 4) is 0 Å². The second-order valence-electron chi connectivity index (χ2n) is 4.75. The lowest BCUT2D eigenvalue weighted by Crippen LogP contribution is -2.19. The maximum atomic E-state index is 11.8. The summed E-state index contributed by atoms with van der Waals surface area (Å²) in [5, 5.41) is 27.4. The molecule has 10 heteroatoms. The van der Waals surface area contributed by atoms with Gasteiger partial charge < -0.3 is 5.11 Å². The van der Waals surface area contributed by atoms with Crippen molar-refractivity contribution in [3.05, 3.63) is 16.9 Å². The first-order valence-corrected chi connectivity index (χ1v) is 7.01. The molecule has 0 unspecified atom stereocenters. The number of aromatic nitrogens is 5. The first kappa shape index (κ1) is 15.0. The molecule has 0 aromatic carbocycles. The van der Waals surface area contributed by atoms with Gasteiger partial charge in [-0.25, -0.2) is 9.48 Å². The number of carbonyl (C=O) groups is 2. The molecule has 0 spiro atoms. The first-order chi connectivity index (χ1) is 9.94. The largest absolute Gasteiger partial charge is 0.476 e. The third-order valence-corrected chi connectivity index (χ3v) is 3.22. The summed E-state index contributed by atoms with van der Waals surface area (Å²) >= 11 is 1.32. The van der Waals surface area contributed by atoms with Crippen LogP contribution in [0.5, 0.6) is 0 Å². The summed E-state index contributed by atoms with van der Waals surface area (Å²) in [6.45, 7) is 4.01. The van der Waals surface area contributed by atoms with Crippen LogP contribution >= 0.6 is 11.3 Å². The topological polar surface area (TPSA) is 123 Å². The van der Waals surface area contributed by atoms with Gasteiger partial charge in [0.2, 0.25) is 11.0 Å². The quantitative estimate of drug-likeness (QED) is 0.803. The van der Waals surface area contributed by atoms with E-state index >= 15 is 0 Å². The Balaban J connectivity index is 1.91. The minimum Gasteiger partial charge on any atom is -0.476 e. The highest BCUT2D eigenvalue weighted by molar-refractivity contribution is 7.15. The summed E-state index contributed by atoms with van der Waals surface area (Å²) in [5.41, 5.74) is -0.210. The minimum atomic E-state index is -1.19. The average molecular weight is 310 g/mol. The molecule has 2 aromatic heterocycles. The predicted molar refractivity (Wildman–Crippen MR) is 74.1 cm³/mol. The summed E-state index contributed by atoms with van der Waals surface area (Å²) in [6.07, 6.45) is 1.99. The molecule has 0 aliphatic rings. The van der Waals surface area contributed by atoms with Gasteiger partial charge >= 0.3 is 5.97 Å². The van der Waals surface area contributed by atoms with Gasteiger partial charge in [-0.15, -0.1) is 15.3 Å². The molecular weight excluding hydrogens is 296 g/mol. The molecular formula is C11H14N6O3S. The molecule has 2 aromatic rings. The van der Waals surface area contributed by atoms with Crippen molar-refractivity contribution in [3.63, 3.8) is 0 Å². The SMILES string of the molecule is CC(C)Cc1nnc(NC(=O)Cn2cc(C(=O)O)nn2)s1. The number of anilines is 1. The number of nitrogens with zero attached hydrogens (tertiary/aromatic N) is 5. The van der Waals surface area contributed by atoms with Gasteiger partial charge in [0.15, 0.2) is 5.69 Å². The Hall–Kier alpha value is -2.36. The standard InChI is InChI=1S/C11H14N6O3S/c1-6(2)3-9-14-15-11(21-9)12-8(18)5-17-4-7(10(19)20)13-16-17/h4,6H,3,5H2,1-2H3,(H,19,20)(H,12,15,18). The fourth-order valence-electron chi connectivity index (χ4n) is 1.52. The number of carboxylic acids is 1. The fourth-order valence-corrected chi connectivity index (χ4v) is 2.48. The van der Waals surface area contributed by atoms with E-state index in [1.54, 1.807) is 0 Å². The zero-order valence-corrected chi connectivity index (χ0v) is 12.3. The molecule has 0 aliphatic carbocycles. The summed E-state index contributed by atoms with van der Waals surface area (Å²) < 4.78 is 1.15. The molecule has 0 saturated carbocycles. The van der Waals surface area contributed by atoms with Crippen LogP contribution in [0.3, 0.4) is 0 Å². The van der Waals surface area contributed by atoms with E-state index in [-0.39, 0.29) is 18.1 Å². The van der Waals surface area contributed by atoms with E-state index in [1.165, 1.54) is 17.5 Å². The van der Waals surface area contributed by atoms with Gasteiger partial charge in [-0.3, -0.25) is 10.1 Å². The van der Waals surface area contributed by atoms with E-state index in [9.17, 15) is 9.59 Å². The van der Waals surface area contributed by atoms with Crippen LogP contribution in [0.1, 0.15) is 29.3 Å². The molecule has 0 saturated heterocycles. The number of aromatic carboxylic acids is 1. The molecule has 112 valence electrons. The van der Waals surface area contributed by atoms with Gasteiger partial charge in [0, 0.05) is 6.42 Å². The first-order valence-electron chi connectivity index (χ1n) is 6.19. The van der Waals surface area contributed by atoms with Crippen LogP contribution in [0.25, 0.3) is 0 Å². The Morgan fingerprint density at radius 1 is 1.38 bits per heavy atom. The lowest BCUT2D eigenvalue weighted by Gasteiger charge is -2.00. The maximum absolute atomic E-state index is 11.8. The fraction of sp³-hybridized carbons (Fsp3) is 0.455. The highest BCUT2D eigenvalue weighted by atomic mass is 32.1. The van der Waals surface area contributed by atoms with Crippen LogP contribution in [-0.2, 0) is 17.8 Å². The Morgan fingerprint density at radius 2 is 2.14 bits per heavy atom. The Morgan fingerprint density at radius 3 is 2.76 bits per heavy atom. The Labute approximate surface area is 124 Å². The zero-order valence-electron chi connectivity index (χ0n) is 11.5. The summed E-state index contributed by atoms with van der Waals surface area (Å²) in [7, 11) is 0. The third kappa shape index (κ3) is 4.31. The van der Waals surface area contributed by atoms with Crippen molar-refractivity contribution < 1.29 is 14.7 Å². The molecule has 0 atom stereocenters. The highest BCUT2D eigenvalue weighted by Crippen LogP contribution is 2.18. The van der Waals surface area contributed by atoms with Crippen LogP contribution in [0.15, 0.2) is 6.20 Å². The number of hydrogen-bond acceptors (Lipinski definition) is 7. The number of carboxylic acid groups (broad SMARTS) is 1. The van der Waals surface area contributed by atoms with Crippen molar-refractivity contribution in [2.45, 2.75) is 26.8 Å². The van der Waals surface area contributed by atoms with Crippen LogP contribution in [0, 0.1) is 5.92 Å². The molecule has 21 heavy (non-hydrogen) atoms. The van der Waals surface area contributed by atoms with Crippen molar-refractivity contribution in [1.29, 1.82) is 0 Å². The molecule has 1 amide bonds. The monoisotopic (exact) mass is 310 g/mol. The molecule has 0 aliphatic heterocycles. The summed E-state index contributed by atoms with van der Waals surface area (Å²) in [5.74, 6) is -1.10. The van der Waals surface area contributed by atoms with Gasteiger partial charge in [0.1, 0.15) is 11.6 Å². The van der Waals surface area contributed by atoms with Gasteiger partial charge in [-0.05, 0) is 5.92 Å². The van der Waals surface area contributed by atoms with Crippen molar-refractivity contribution in [1.82, 2.24) is 25.2 Å². The number of hydrogen-bond donors (Lipinski definition) is 2. The van der Waals surface area contributed by atoms with Gasteiger partial charge in [0.25, 0.3) is 0 Å². The normalized spacial score (nSPS) is 10.8. The molecule has 0 fully saturated rings. The van der Waals surface area contributed by atoms with E-state index in [2.05, 4.69) is 39.7 Å². The van der Waals surface area contributed by atoms with Gasteiger partial charge in [-0.2, -0.15) is 0 Å². The van der Waals surface area contributed by atoms with E-state index in [0.717, 1.165) is 16.1 Å². The number of amides is 1. The smallest absolute Gasteiger partial charge is 0.358 e. The Bertz CT molecular complexity index is 650. The van der Waals surface area contributed by atoms with Crippen molar-refractivity contribution in [2.75, 3.05) is 5.32 Å². The molecule has 2 heterocycles. The van der Waals surface area contributed by atoms with Gasteiger partial charge in [0.05, 0.1) is 6.20 Å². The summed E-state index contributed by atoms with van der Waals surface area (Å²) in [6, 6.07) is 0. The molecule has 9 nitrogen and oxygen atoms in total. The zero-order chi connectivity index (χ0) is 15.4. The minimum absolute atomic E-state index is 0.140. The number of carbonyl (C=O) groups excluding carboxylic acids is 1. The van der Waals surface area contributed by atoms with Crippen LogP contribution in [-0.4, -0.2) is 42.2 Å². The third-order valence-electron chi connectivity index (χ3n) is 2.36.